The van der Waals surface area contributed by atoms with Crippen LogP contribution in [0.3, 0.4) is 0 Å². The number of amides is 1. The number of aromatic nitrogens is 3. The molecule has 1 N–H and O–H groups in total. The second-order valence-corrected chi connectivity index (χ2v) is 10.0. The van der Waals surface area contributed by atoms with Gasteiger partial charge in [0.15, 0.2) is 5.65 Å². The first-order valence-corrected chi connectivity index (χ1v) is 12.4. The van der Waals surface area contributed by atoms with Gasteiger partial charge in [0.2, 0.25) is 0 Å². The van der Waals surface area contributed by atoms with Crippen LogP contribution in [-0.2, 0) is 6.54 Å². The Morgan fingerprint density at radius 1 is 1.08 bits per heavy atom. The second kappa shape index (κ2) is 10.4. The average Bonchev–Trinajstić information content (AvgIpc) is 3.11. The van der Waals surface area contributed by atoms with Crippen LogP contribution in [0.15, 0.2) is 39.9 Å². The van der Waals surface area contributed by atoms with Gasteiger partial charge in [-0.1, -0.05) is 27.7 Å². The van der Waals surface area contributed by atoms with Gasteiger partial charge < -0.3 is 9.80 Å². The van der Waals surface area contributed by atoms with Crippen LogP contribution in [0.5, 0.6) is 0 Å². The van der Waals surface area contributed by atoms with Crippen LogP contribution in [0.25, 0.3) is 11.0 Å². The number of hydrogen-bond acceptors (Lipinski definition) is 6. The fourth-order valence-corrected chi connectivity index (χ4v) is 4.59. The second-order valence-electron chi connectivity index (χ2n) is 10.0. The summed E-state index contributed by atoms with van der Waals surface area (Å²) >= 11 is 0. The summed E-state index contributed by atoms with van der Waals surface area (Å²) < 4.78 is 1.47. The lowest BCUT2D eigenvalue weighted by Gasteiger charge is -2.24. The van der Waals surface area contributed by atoms with E-state index in [4.69, 9.17) is 5.26 Å². The topological polar surface area (TPSA) is 115 Å². The third-order valence-corrected chi connectivity index (χ3v) is 6.48. The minimum atomic E-state index is -0.588. The van der Waals surface area contributed by atoms with Crippen molar-refractivity contribution >= 4 is 22.6 Å². The highest BCUT2D eigenvalue weighted by Crippen LogP contribution is 2.23. The smallest absolute Gasteiger partial charge is 0.330 e. The maximum absolute atomic E-state index is 13.8. The Balaban J connectivity index is 1.72. The molecule has 0 unspecified atom stereocenters. The van der Waals surface area contributed by atoms with E-state index in [9.17, 15) is 14.4 Å². The Hall–Kier alpha value is -3.93. The number of aromatic amines is 1. The number of H-pyrrole nitrogens is 1. The van der Waals surface area contributed by atoms with E-state index < -0.39 is 11.2 Å². The normalized spacial score (nSPS) is 14.4. The van der Waals surface area contributed by atoms with Gasteiger partial charge in [0, 0.05) is 44.1 Å². The van der Waals surface area contributed by atoms with Crippen molar-refractivity contribution < 1.29 is 4.79 Å². The molecule has 4 rings (SSSR count). The third-order valence-electron chi connectivity index (χ3n) is 6.48. The van der Waals surface area contributed by atoms with E-state index in [0.717, 1.165) is 18.7 Å². The van der Waals surface area contributed by atoms with Crippen molar-refractivity contribution in [2.75, 3.05) is 31.1 Å². The molecular weight excluding hydrogens is 456 g/mol. The first-order chi connectivity index (χ1) is 17.2. The Morgan fingerprint density at radius 3 is 2.44 bits per heavy atom. The standard InChI is InChI=1S/C27H32N6O3/c1-17(2)16-33-24-23(25(34)30-27(33)36)21(14-22(29-24)18(3)4)26(35)32-11-5-10-31(12-13-32)20-8-6-19(15-28)7-9-20/h6-9,14,17-18H,5,10-13,16H2,1-4H3,(H,30,34,36). The first kappa shape index (κ1) is 25.2. The van der Waals surface area contributed by atoms with Crippen LogP contribution >= 0.6 is 0 Å². The van der Waals surface area contributed by atoms with Crippen LogP contribution in [0, 0.1) is 17.2 Å². The molecule has 1 aliphatic rings. The fraction of sp³-hybridized carbons (Fsp3) is 0.444. The number of fused-ring (bicyclic) bond motifs is 1. The molecule has 3 heterocycles. The number of nitrogens with one attached hydrogen (secondary N) is 1. The molecule has 36 heavy (non-hydrogen) atoms. The molecule has 0 aliphatic carbocycles. The van der Waals surface area contributed by atoms with Gasteiger partial charge in [-0.25, -0.2) is 9.78 Å². The van der Waals surface area contributed by atoms with E-state index >= 15 is 0 Å². The minimum absolute atomic E-state index is 0.0128. The van der Waals surface area contributed by atoms with E-state index in [1.807, 2.05) is 39.8 Å². The van der Waals surface area contributed by atoms with Gasteiger partial charge in [0.05, 0.1) is 22.6 Å². The van der Waals surface area contributed by atoms with E-state index in [0.29, 0.717) is 37.4 Å². The maximum atomic E-state index is 13.8. The molecule has 2 aromatic heterocycles. The zero-order valence-corrected chi connectivity index (χ0v) is 21.2. The van der Waals surface area contributed by atoms with Crippen molar-refractivity contribution in [2.45, 2.75) is 46.6 Å². The van der Waals surface area contributed by atoms with Crippen LogP contribution < -0.4 is 16.1 Å². The highest BCUT2D eigenvalue weighted by atomic mass is 16.2. The zero-order chi connectivity index (χ0) is 26.0. The molecule has 9 nitrogen and oxygen atoms in total. The summed E-state index contributed by atoms with van der Waals surface area (Å²) in [7, 11) is 0. The summed E-state index contributed by atoms with van der Waals surface area (Å²) in [6.07, 6.45) is 0.764. The van der Waals surface area contributed by atoms with Crippen molar-refractivity contribution in [3.63, 3.8) is 0 Å². The lowest BCUT2D eigenvalue weighted by molar-refractivity contribution is 0.0768. The summed E-state index contributed by atoms with van der Waals surface area (Å²) in [6.45, 7) is 10.8. The van der Waals surface area contributed by atoms with Crippen LogP contribution in [0.1, 0.15) is 61.6 Å². The number of anilines is 1. The van der Waals surface area contributed by atoms with Gasteiger partial charge in [-0.15, -0.1) is 0 Å². The minimum Gasteiger partial charge on any atom is -0.370 e. The summed E-state index contributed by atoms with van der Waals surface area (Å²) in [5.74, 6) is -0.0654. The van der Waals surface area contributed by atoms with Gasteiger partial charge >= 0.3 is 5.69 Å². The summed E-state index contributed by atoms with van der Waals surface area (Å²) in [4.78, 5) is 50.5. The molecule has 9 heteroatoms. The average molecular weight is 489 g/mol. The van der Waals surface area contributed by atoms with Crippen molar-refractivity contribution in [2.24, 2.45) is 5.92 Å². The van der Waals surface area contributed by atoms with E-state index in [-0.39, 0.29) is 34.3 Å². The number of pyridine rings is 1. The molecule has 1 fully saturated rings. The number of nitriles is 1. The van der Waals surface area contributed by atoms with E-state index in [1.54, 1.807) is 23.1 Å². The van der Waals surface area contributed by atoms with Crippen LogP contribution in [0.4, 0.5) is 5.69 Å². The van der Waals surface area contributed by atoms with Gasteiger partial charge in [0.25, 0.3) is 11.5 Å². The Morgan fingerprint density at radius 2 is 1.81 bits per heavy atom. The Labute approximate surface area is 210 Å². The molecule has 0 saturated carbocycles. The number of rotatable bonds is 5. The SMILES string of the molecule is CC(C)Cn1c(=O)[nH]c(=O)c2c(C(=O)N3CCCN(c4ccc(C#N)cc4)CC3)cc(C(C)C)nc21. The predicted molar refractivity (Wildman–Crippen MR) is 139 cm³/mol. The van der Waals surface area contributed by atoms with Crippen LogP contribution in [-0.4, -0.2) is 51.5 Å². The summed E-state index contributed by atoms with van der Waals surface area (Å²) in [5, 5.41) is 9.22. The monoisotopic (exact) mass is 488 g/mol. The number of carbonyl (C=O) groups excluding carboxylic acids is 1. The van der Waals surface area contributed by atoms with Crippen molar-refractivity contribution in [3.8, 4) is 6.07 Å². The molecule has 1 saturated heterocycles. The Kier molecular flexibility index (Phi) is 7.25. The summed E-state index contributed by atoms with van der Waals surface area (Å²) in [5.41, 5.74) is 1.74. The summed E-state index contributed by atoms with van der Waals surface area (Å²) in [6, 6.07) is 11.3. The molecule has 0 spiro atoms. The maximum Gasteiger partial charge on any atom is 0.330 e. The number of benzene rings is 1. The van der Waals surface area contributed by atoms with Gasteiger partial charge in [-0.3, -0.25) is 19.1 Å². The van der Waals surface area contributed by atoms with Gasteiger partial charge in [-0.05, 0) is 48.6 Å². The highest BCUT2D eigenvalue weighted by molar-refractivity contribution is 6.05. The molecule has 3 aromatic rings. The molecule has 1 aliphatic heterocycles. The van der Waals surface area contributed by atoms with Gasteiger partial charge in [-0.2, -0.15) is 5.26 Å². The third kappa shape index (κ3) is 5.03. The zero-order valence-electron chi connectivity index (χ0n) is 21.2. The molecule has 188 valence electrons. The molecule has 0 radical (unpaired) electrons. The highest BCUT2D eigenvalue weighted by Gasteiger charge is 2.26. The first-order valence-electron chi connectivity index (χ1n) is 12.4. The number of nitrogens with zero attached hydrogens (tertiary/aromatic N) is 5. The van der Waals surface area contributed by atoms with E-state index in [1.165, 1.54) is 4.57 Å². The van der Waals surface area contributed by atoms with E-state index in [2.05, 4.69) is 20.9 Å². The van der Waals surface area contributed by atoms with Gasteiger partial charge in [0.1, 0.15) is 0 Å². The van der Waals surface area contributed by atoms with Crippen molar-refractivity contribution in [1.82, 2.24) is 19.4 Å². The molecular formula is C27H32N6O3. The van der Waals surface area contributed by atoms with Crippen molar-refractivity contribution in [3.05, 3.63) is 68.0 Å². The number of carbonyl (C=O) groups is 1. The molecule has 1 amide bonds. The van der Waals surface area contributed by atoms with Crippen molar-refractivity contribution in [1.29, 1.82) is 5.26 Å². The fourth-order valence-electron chi connectivity index (χ4n) is 4.59. The quantitative estimate of drug-likeness (QED) is 0.590. The Bertz CT molecular complexity index is 1430. The van der Waals surface area contributed by atoms with Crippen LogP contribution in [0.2, 0.25) is 0 Å². The molecule has 1 aromatic carbocycles. The number of hydrogen-bond donors (Lipinski definition) is 1. The largest absolute Gasteiger partial charge is 0.370 e. The lowest BCUT2D eigenvalue weighted by atomic mass is 10.0. The predicted octanol–water partition coefficient (Wildman–Crippen LogP) is 3.09. The molecule has 0 atom stereocenters. The lowest BCUT2D eigenvalue weighted by Crippen LogP contribution is -2.37. The molecule has 0 bridgehead atoms.